The van der Waals surface area contributed by atoms with Crippen molar-refractivity contribution >= 4 is 17.2 Å². The van der Waals surface area contributed by atoms with Gasteiger partial charge >= 0.3 is 0 Å². The number of hydrogen-bond acceptors (Lipinski definition) is 2. The van der Waals surface area contributed by atoms with Crippen LogP contribution in [0.1, 0.15) is 5.69 Å². The molecule has 0 amide bonds. The molecule has 0 saturated heterocycles. The number of nitrogens with zero attached hydrogens (tertiary/aromatic N) is 2. The molecule has 2 aromatic rings. The monoisotopic (exact) mass is 138 g/mol. The van der Waals surface area contributed by atoms with Crippen LogP contribution in [0.15, 0.2) is 17.6 Å². The van der Waals surface area contributed by atoms with E-state index in [1.165, 1.54) is 5.69 Å². The number of aryl methyl sites for hydroxylation is 1. The highest BCUT2D eigenvalue weighted by molar-refractivity contribution is 7.04. The van der Waals surface area contributed by atoms with Gasteiger partial charge in [-0.15, -0.1) is 0 Å². The molecule has 46 valence electrons. The van der Waals surface area contributed by atoms with Crippen molar-refractivity contribution in [2.75, 3.05) is 0 Å². The minimum atomic E-state index is 1.05. The van der Waals surface area contributed by atoms with E-state index in [0.717, 1.165) is 5.65 Å². The maximum absolute atomic E-state index is 4.15. The lowest BCUT2D eigenvalue weighted by molar-refractivity contribution is 1.25. The molecule has 2 aromatic heterocycles. The highest BCUT2D eigenvalue weighted by Crippen LogP contribution is 2.09. The summed E-state index contributed by atoms with van der Waals surface area (Å²) in [6.45, 7) is 2.05. The molecule has 9 heavy (non-hydrogen) atoms. The Morgan fingerprint density at radius 1 is 1.67 bits per heavy atom. The van der Waals surface area contributed by atoms with Gasteiger partial charge in [0.15, 0.2) is 0 Å². The van der Waals surface area contributed by atoms with Crippen molar-refractivity contribution in [2.45, 2.75) is 6.92 Å². The van der Waals surface area contributed by atoms with E-state index in [1.807, 2.05) is 17.6 Å². The molecule has 0 aliphatic heterocycles. The summed E-state index contributed by atoms with van der Waals surface area (Å²) < 4.78 is 2.10. The summed E-state index contributed by atoms with van der Waals surface area (Å²) in [5.41, 5.74) is 2.26. The third kappa shape index (κ3) is 0.580. The summed E-state index contributed by atoms with van der Waals surface area (Å²) in [4.78, 5) is 4.15. The summed E-state index contributed by atoms with van der Waals surface area (Å²) in [7, 11) is 0. The van der Waals surface area contributed by atoms with Crippen LogP contribution in [0.2, 0.25) is 0 Å². The predicted molar refractivity (Wildman–Crippen MR) is 37.8 cm³/mol. The Kier molecular flexibility index (Phi) is 0.873. The highest BCUT2D eigenvalue weighted by atomic mass is 32.1. The fraction of sp³-hybridized carbons (Fsp3) is 0.167. The molecule has 0 radical (unpaired) electrons. The van der Waals surface area contributed by atoms with Gasteiger partial charge in [-0.2, -0.15) is 0 Å². The topological polar surface area (TPSA) is 17.3 Å². The first-order valence-corrected chi connectivity index (χ1v) is 3.59. The third-order valence-corrected chi connectivity index (χ3v) is 2.24. The van der Waals surface area contributed by atoms with E-state index < -0.39 is 0 Å². The highest BCUT2D eigenvalue weighted by Gasteiger charge is 1.95. The lowest BCUT2D eigenvalue weighted by Crippen LogP contribution is -1.73. The van der Waals surface area contributed by atoms with E-state index in [0.29, 0.717) is 0 Å². The molecule has 0 aromatic carbocycles. The van der Waals surface area contributed by atoms with Crippen LogP contribution < -0.4 is 0 Å². The van der Waals surface area contributed by atoms with Crippen LogP contribution in [0.5, 0.6) is 0 Å². The van der Waals surface area contributed by atoms with E-state index in [2.05, 4.69) is 15.7 Å². The maximum atomic E-state index is 4.15. The largest absolute Gasteiger partial charge is 0.252 e. The molecular weight excluding hydrogens is 132 g/mol. The van der Waals surface area contributed by atoms with Crippen molar-refractivity contribution in [1.82, 2.24) is 8.77 Å². The van der Waals surface area contributed by atoms with E-state index in [9.17, 15) is 0 Å². The average Bonchev–Trinajstić information content (AvgIpc) is 2.35. The molecule has 2 nitrogen and oxygen atoms in total. The third-order valence-electron chi connectivity index (χ3n) is 1.30. The molecule has 0 N–H and O–H groups in total. The lowest BCUT2D eigenvalue weighted by Gasteiger charge is -1.81. The molecule has 0 aliphatic carbocycles. The Hall–Kier alpha value is -0.830. The zero-order valence-corrected chi connectivity index (χ0v) is 5.85. The Morgan fingerprint density at radius 3 is 3.33 bits per heavy atom. The van der Waals surface area contributed by atoms with Gasteiger partial charge in [0.25, 0.3) is 0 Å². The van der Waals surface area contributed by atoms with Crippen molar-refractivity contribution in [3.63, 3.8) is 0 Å². The van der Waals surface area contributed by atoms with Crippen LogP contribution in [-0.4, -0.2) is 8.77 Å². The fourth-order valence-corrected chi connectivity index (χ4v) is 1.58. The van der Waals surface area contributed by atoms with Crippen molar-refractivity contribution < 1.29 is 0 Å². The molecule has 0 atom stereocenters. The van der Waals surface area contributed by atoms with Crippen LogP contribution in [0.4, 0.5) is 0 Å². The minimum absolute atomic E-state index is 1.05. The van der Waals surface area contributed by atoms with E-state index in [-0.39, 0.29) is 0 Å². The minimum Gasteiger partial charge on any atom is -0.252 e. The molecule has 0 bridgehead atoms. The Labute approximate surface area is 56.9 Å². The number of hydrogen-bond donors (Lipinski definition) is 0. The molecule has 0 fully saturated rings. The van der Waals surface area contributed by atoms with Crippen molar-refractivity contribution in [1.29, 1.82) is 0 Å². The first-order valence-electron chi connectivity index (χ1n) is 2.76. The van der Waals surface area contributed by atoms with Gasteiger partial charge in [-0.1, -0.05) is 11.5 Å². The first kappa shape index (κ1) is 4.99. The van der Waals surface area contributed by atoms with Gasteiger partial charge in [0, 0.05) is 11.6 Å². The molecule has 2 heterocycles. The smallest absolute Gasteiger partial charge is 0.147 e. The van der Waals surface area contributed by atoms with Crippen LogP contribution >= 0.6 is 11.5 Å². The van der Waals surface area contributed by atoms with Crippen LogP contribution in [0.25, 0.3) is 5.65 Å². The quantitative estimate of drug-likeness (QED) is 0.541. The van der Waals surface area contributed by atoms with E-state index in [4.69, 9.17) is 0 Å². The Morgan fingerprint density at radius 2 is 2.56 bits per heavy atom. The van der Waals surface area contributed by atoms with Crippen LogP contribution in [0, 0.1) is 6.92 Å². The second-order valence-corrected chi connectivity index (χ2v) is 2.81. The van der Waals surface area contributed by atoms with Gasteiger partial charge in [-0.3, -0.25) is 3.79 Å². The molecular formula is C6H6N2S. The summed E-state index contributed by atoms with van der Waals surface area (Å²) >= 11 is 1.67. The number of imidazole rings is 1. The van der Waals surface area contributed by atoms with Crippen molar-refractivity contribution in [2.24, 2.45) is 0 Å². The standard InChI is InChI=1S/C6H6N2S/c1-5-4-7-6-2-3-9-8(5)6/h2-4H,1H3. The van der Waals surface area contributed by atoms with Gasteiger partial charge in [-0.25, -0.2) is 4.98 Å². The number of rotatable bonds is 0. The first-order chi connectivity index (χ1) is 4.38. The average molecular weight is 138 g/mol. The van der Waals surface area contributed by atoms with Crippen LogP contribution in [-0.2, 0) is 0 Å². The zero-order valence-electron chi connectivity index (χ0n) is 5.03. The summed E-state index contributed by atoms with van der Waals surface area (Å²) in [6, 6.07) is 2.01. The molecule has 2 rings (SSSR count). The molecule has 0 aliphatic rings. The second-order valence-electron chi connectivity index (χ2n) is 1.96. The number of fused-ring (bicyclic) bond motifs is 1. The molecule has 0 saturated carbocycles. The normalized spacial score (nSPS) is 10.8. The van der Waals surface area contributed by atoms with Gasteiger partial charge in [-0.05, 0) is 13.0 Å². The Balaban J connectivity index is 2.99. The van der Waals surface area contributed by atoms with Gasteiger partial charge in [0.2, 0.25) is 0 Å². The Bertz CT molecular complexity index is 320. The van der Waals surface area contributed by atoms with Crippen molar-refractivity contribution in [3.8, 4) is 0 Å². The van der Waals surface area contributed by atoms with Crippen molar-refractivity contribution in [3.05, 3.63) is 23.3 Å². The van der Waals surface area contributed by atoms with E-state index in [1.54, 1.807) is 11.5 Å². The lowest BCUT2D eigenvalue weighted by atomic mass is 10.6. The predicted octanol–water partition coefficient (Wildman–Crippen LogP) is 1.70. The fourth-order valence-electron chi connectivity index (χ4n) is 0.845. The molecule has 3 heteroatoms. The number of aromatic nitrogens is 2. The maximum Gasteiger partial charge on any atom is 0.147 e. The summed E-state index contributed by atoms with van der Waals surface area (Å²) in [5, 5.41) is 2.04. The second kappa shape index (κ2) is 1.57. The van der Waals surface area contributed by atoms with E-state index >= 15 is 0 Å². The van der Waals surface area contributed by atoms with Gasteiger partial charge in [0.1, 0.15) is 5.65 Å². The van der Waals surface area contributed by atoms with Crippen LogP contribution in [0.3, 0.4) is 0 Å². The molecule has 0 spiro atoms. The molecule has 0 unspecified atom stereocenters. The van der Waals surface area contributed by atoms with Gasteiger partial charge < -0.3 is 0 Å². The summed E-state index contributed by atoms with van der Waals surface area (Å²) in [6.07, 6.45) is 1.88. The van der Waals surface area contributed by atoms with Gasteiger partial charge in [0.05, 0.1) is 5.69 Å². The zero-order chi connectivity index (χ0) is 6.27. The SMILES string of the molecule is Cc1cnc2ccsn12. The summed E-state index contributed by atoms with van der Waals surface area (Å²) in [5.74, 6) is 0.